The fourth-order valence-electron chi connectivity index (χ4n) is 1.12. The number of nitrogens with two attached hydrogens (primary N) is 1. The first kappa shape index (κ1) is 9.06. The minimum Gasteiger partial charge on any atom is -0.463 e. The predicted molar refractivity (Wildman–Crippen MR) is 45.3 cm³/mol. The summed E-state index contributed by atoms with van der Waals surface area (Å²) in [5.74, 6) is -0.290. The van der Waals surface area contributed by atoms with Crippen LogP contribution < -0.4 is 11.1 Å². The van der Waals surface area contributed by atoms with E-state index in [4.69, 9.17) is 10.5 Å². The molecule has 1 aliphatic rings. The minimum absolute atomic E-state index is 0.290. The van der Waals surface area contributed by atoms with E-state index in [1.54, 1.807) is 6.92 Å². The first-order valence-electron chi connectivity index (χ1n) is 4.11. The van der Waals surface area contributed by atoms with Gasteiger partial charge in [-0.3, -0.25) is 0 Å². The summed E-state index contributed by atoms with van der Waals surface area (Å²) >= 11 is 0. The van der Waals surface area contributed by atoms with E-state index in [-0.39, 0.29) is 5.97 Å². The van der Waals surface area contributed by atoms with Crippen LogP contribution in [0.1, 0.15) is 13.3 Å². The molecule has 3 N–H and O–H groups in total. The lowest BCUT2D eigenvalue weighted by molar-refractivity contribution is -0.138. The van der Waals surface area contributed by atoms with Crippen molar-refractivity contribution < 1.29 is 9.53 Å². The third kappa shape index (κ3) is 1.98. The number of hydrogen-bond donors (Lipinski definition) is 2. The monoisotopic (exact) mass is 170 g/mol. The number of ether oxygens (including phenoxy) is 1. The maximum atomic E-state index is 11.2. The van der Waals surface area contributed by atoms with Crippen molar-refractivity contribution in [3.63, 3.8) is 0 Å². The Labute approximate surface area is 71.8 Å². The summed E-state index contributed by atoms with van der Waals surface area (Å²) < 4.78 is 4.83. The van der Waals surface area contributed by atoms with Gasteiger partial charge >= 0.3 is 5.97 Å². The second-order valence-corrected chi connectivity index (χ2v) is 2.65. The van der Waals surface area contributed by atoms with E-state index in [0.29, 0.717) is 24.4 Å². The molecule has 0 unspecified atom stereocenters. The van der Waals surface area contributed by atoms with Gasteiger partial charge < -0.3 is 15.8 Å². The summed E-state index contributed by atoms with van der Waals surface area (Å²) in [5, 5.41) is 3.07. The highest BCUT2D eigenvalue weighted by Crippen LogP contribution is 2.08. The topological polar surface area (TPSA) is 64.3 Å². The number of rotatable bonds is 2. The quantitative estimate of drug-likeness (QED) is 0.561. The van der Waals surface area contributed by atoms with Crippen molar-refractivity contribution in [2.45, 2.75) is 13.3 Å². The highest BCUT2D eigenvalue weighted by atomic mass is 16.5. The van der Waals surface area contributed by atoms with Gasteiger partial charge in [-0.05, 0) is 6.92 Å². The molecule has 0 spiro atoms. The number of nitrogens with one attached hydrogen (secondary N) is 1. The van der Waals surface area contributed by atoms with Crippen molar-refractivity contribution in [1.29, 1.82) is 0 Å². The SMILES string of the molecule is CCOC(=O)C1=C(N)CCNC1. The molecule has 0 fully saturated rings. The second-order valence-electron chi connectivity index (χ2n) is 2.65. The fourth-order valence-corrected chi connectivity index (χ4v) is 1.12. The molecule has 0 radical (unpaired) electrons. The van der Waals surface area contributed by atoms with Gasteiger partial charge in [0.15, 0.2) is 0 Å². The van der Waals surface area contributed by atoms with Crippen LogP contribution in [0.2, 0.25) is 0 Å². The molecule has 1 heterocycles. The third-order valence-electron chi connectivity index (χ3n) is 1.78. The minimum atomic E-state index is -0.290. The molecular formula is C8H14N2O2. The van der Waals surface area contributed by atoms with Crippen molar-refractivity contribution in [3.8, 4) is 0 Å². The van der Waals surface area contributed by atoms with E-state index < -0.39 is 0 Å². The summed E-state index contributed by atoms with van der Waals surface area (Å²) in [7, 11) is 0. The molecule has 0 aromatic rings. The van der Waals surface area contributed by atoms with Gasteiger partial charge in [0.2, 0.25) is 0 Å². The molecule has 0 aromatic carbocycles. The van der Waals surface area contributed by atoms with Crippen molar-refractivity contribution >= 4 is 5.97 Å². The molecule has 1 aliphatic heterocycles. The lowest BCUT2D eigenvalue weighted by Crippen LogP contribution is -2.32. The van der Waals surface area contributed by atoms with Crippen LogP contribution in [0.5, 0.6) is 0 Å². The molecule has 4 nitrogen and oxygen atoms in total. The van der Waals surface area contributed by atoms with Crippen LogP contribution in [0.15, 0.2) is 11.3 Å². The predicted octanol–water partition coefficient (Wildman–Crippen LogP) is -0.244. The zero-order valence-corrected chi connectivity index (χ0v) is 7.22. The van der Waals surface area contributed by atoms with Crippen LogP contribution in [0.4, 0.5) is 0 Å². The maximum absolute atomic E-state index is 11.2. The lowest BCUT2D eigenvalue weighted by atomic mass is 10.1. The molecule has 0 aromatic heterocycles. The van der Waals surface area contributed by atoms with E-state index in [1.165, 1.54) is 0 Å². The van der Waals surface area contributed by atoms with Gasteiger partial charge in [-0.2, -0.15) is 0 Å². The maximum Gasteiger partial charge on any atom is 0.337 e. The number of esters is 1. The Hall–Kier alpha value is -1.03. The van der Waals surface area contributed by atoms with E-state index in [2.05, 4.69) is 5.32 Å². The van der Waals surface area contributed by atoms with Crippen molar-refractivity contribution in [3.05, 3.63) is 11.3 Å². The molecule has 4 heteroatoms. The normalized spacial score (nSPS) is 17.8. The average Bonchev–Trinajstić information content (AvgIpc) is 2.05. The first-order chi connectivity index (χ1) is 5.75. The van der Waals surface area contributed by atoms with E-state index in [1.807, 2.05) is 0 Å². The largest absolute Gasteiger partial charge is 0.463 e. The molecule has 0 saturated carbocycles. The van der Waals surface area contributed by atoms with Gasteiger partial charge in [0.1, 0.15) is 0 Å². The molecular weight excluding hydrogens is 156 g/mol. The van der Waals surface area contributed by atoms with Crippen LogP contribution in [-0.4, -0.2) is 25.7 Å². The van der Waals surface area contributed by atoms with Crippen molar-refractivity contribution in [2.24, 2.45) is 5.73 Å². The summed E-state index contributed by atoms with van der Waals surface area (Å²) in [5.41, 5.74) is 6.89. The zero-order valence-electron chi connectivity index (χ0n) is 7.22. The molecule has 1 rings (SSSR count). The molecule has 0 saturated heterocycles. The van der Waals surface area contributed by atoms with Crippen LogP contribution in [0, 0.1) is 0 Å². The smallest absolute Gasteiger partial charge is 0.337 e. The van der Waals surface area contributed by atoms with E-state index in [9.17, 15) is 4.79 Å². The van der Waals surface area contributed by atoms with Gasteiger partial charge in [-0.15, -0.1) is 0 Å². The first-order valence-corrected chi connectivity index (χ1v) is 4.11. The molecule has 0 aliphatic carbocycles. The third-order valence-corrected chi connectivity index (χ3v) is 1.78. The number of hydrogen-bond acceptors (Lipinski definition) is 4. The Bertz CT molecular complexity index is 211. The van der Waals surface area contributed by atoms with Crippen molar-refractivity contribution in [1.82, 2.24) is 5.32 Å². The van der Waals surface area contributed by atoms with E-state index >= 15 is 0 Å². The molecule has 0 bridgehead atoms. The Morgan fingerprint density at radius 3 is 3.08 bits per heavy atom. The van der Waals surface area contributed by atoms with Gasteiger partial charge in [0, 0.05) is 25.2 Å². The van der Waals surface area contributed by atoms with Gasteiger partial charge in [0.25, 0.3) is 0 Å². The van der Waals surface area contributed by atoms with Gasteiger partial charge in [-0.1, -0.05) is 0 Å². The molecule has 12 heavy (non-hydrogen) atoms. The van der Waals surface area contributed by atoms with Crippen LogP contribution in [0.3, 0.4) is 0 Å². The lowest BCUT2D eigenvalue weighted by Gasteiger charge is -2.16. The summed E-state index contributed by atoms with van der Waals surface area (Å²) in [6, 6.07) is 0. The van der Waals surface area contributed by atoms with Crippen LogP contribution >= 0.6 is 0 Å². The number of carbonyl (C=O) groups is 1. The number of carbonyl (C=O) groups excluding carboxylic acids is 1. The second kappa shape index (κ2) is 4.11. The van der Waals surface area contributed by atoms with Crippen molar-refractivity contribution in [2.75, 3.05) is 19.7 Å². The highest BCUT2D eigenvalue weighted by molar-refractivity contribution is 5.89. The molecule has 68 valence electrons. The summed E-state index contributed by atoms with van der Waals surface area (Å²) in [4.78, 5) is 11.2. The van der Waals surface area contributed by atoms with E-state index in [0.717, 1.165) is 13.0 Å². The molecule has 0 atom stereocenters. The Balaban J connectivity index is 2.64. The fraction of sp³-hybridized carbons (Fsp3) is 0.625. The standard InChI is InChI=1S/C8H14N2O2/c1-2-12-8(11)6-5-10-4-3-7(6)9/h10H,2-5,9H2,1H3. The van der Waals surface area contributed by atoms with Gasteiger partial charge in [-0.25, -0.2) is 4.79 Å². The zero-order chi connectivity index (χ0) is 8.97. The van der Waals surface area contributed by atoms with Crippen LogP contribution in [0.25, 0.3) is 0 Å². The Morgan fingerprint density at radius 2 is 2.50 bits per heavy atom. The summed E-state index contributed by atoms with van der Waals surface area (Å²) in [6.07, 6.45) is 0.730. The Kier molecular flexibility index (Phi) is 3.10. The average molecular weight is 170 g/mol. The van der Waals surface area contributed by atoms with Crippen LogP contribution in [-0.2, 0) is 9.53 Å². The summed E-state index contributed by atoms with van der Waals surface area (Å²) in [6.45, 7) is 3.56. The van der Waals surface area contributed by atoms with Gasteiger partial charge in [0.05, 0.1) is 12.2 Å². The molecule has 0 amide bonds. The Morgan fingerprint density at radius 1 is 1.75 bits per heavy atom. The highest BCUT2D eigenvalue weighted by Gasteiger charge is 2.17.